The highest BCUT2D eigenvalue weighted by atomic mass is 19.4. The molecule has 2 aromatic rings. The van der Waals surface area contributed by atoms with Crippen LogP contribution in [-0.2, 0) is 11.0 Å². The molecule has 1 N–H and O–H groups in total. The molecule has 2 aromatic carbocycles. The Morgan fingerprint density at radius 3 is 2.55 bits per heavy atom. The fourth-order valence-electron chi connectivity index (χ4n) is 4.85. The van der Waals surface area contributed by atoms with Crippen LogP contribution < -0.4 is 10.1 Å². The third-order valence-corrected chi connectivity index (χ3v) is 6.42. The number of benzene rings is 2. The third-order valence-electron chi connectivity index (χ3n) is 6.42. The van der Waals surface area contributed by atoms with E-state index in [1.165, 1.54) is 0 Å². The van der Waals surface area contributed by atoms with Gasteiger partial charge in [0.2, 0.25) is 5.91 Å². The molecule has 4 nitrogen and oxygen atoms in total. The topological polar surface area (TPSA) is 41.6 Å². The van der Waals surface area contributed by atoms with Crippen LogP contribution in [0.1, 0.15) is 61.4 Å². The average Bonchev–Trinajstić information content (AvgIpc) is 2.77. The van der Waals surface area contributed by atoms with Gasteiger partial charge in [-0.15, -0.1) is 0 Å². The predicted molar refractivity (Wildman–Crippen MR) is 113 cm³/mol. The molecule has 0 saturated carbocycles. The smallest absolute Gasteiger partial charge is 0.416 e. The van der Waals surface area contributed by atoms with E-state index >= 15 is 0 Å². The molecule has 0 spiro atoms. The molecule has 0 unspecified atom stereocenters. The standard InChI is InChI=1S/C24H27F3N2O2/c1-3-4-13-29-21(30)12-10-18-22(15-5-7-16(8-6-15)24(25,26)27)28-20-11-9-17(31-2)14-19(20)23(18)29/h5-9,11,14,18,22-23,28H,3-4,10,12-13H2,1-2H3/t18-,22-,23-/m0/s1. The van der Waals surface area contributed by atoms with E-state index in [0.29, 0.717) is 19.4 Å². The van der Waals surface area contributed by atoms with Crippen LogP contribution in [0.25, 0.3) is 0 Å². The summed E-state index contributed by atoms with van der Waals surface area (Å²) in [7, 11) is 1.61. The number of fused-ring (bicyclic) bond motifs is 3. The molecule has 2 aliphatic rings. The first-order chi connectivity index (χ1) is 14.8. The molecular weight excluding hydrogens is 405 g/mol. The van der Waals surface area contributed by atoms with Gasteiger partial charge in [0.05, 0.1) is 24.8 Å². The molecule has 31 heavy (non-hydrogen) atoms. The van der Waals surface area contributed by atoms with Gasteiger partial charge in [0, 0.05) is 30.1 Å². The van der Waals surface area contributed by atoms with Gasteiger partial charge in [-0.1, -0.05) is 25.5 Å². The molecule has 4 rings (SSSR count). The molecule has 0 aromatic heterocycles. The van der Waals surface area contributed by atoms with Crippen molar-refractivity contribution in [1.29, 1.82) is 0 Å². The van der Waals surface area contributed by atoms with Crippen molar-refractivity contribution in [2.75, 3.05) is 19.0 Å². The van der Waals surface area contributed by atoms with Crippen LogP contribution >= 0.6 is 0 Å². The Morgan fingerprint density at radius 2 is 1.90 bits per heavy atom. The number of likely N-dealkylation sites (tertiary alicyclic amines) is 1. The molecule has 166 valence electrons. The second-order valence-electron chi connectivity index (χ2n) is 8.28. The van der Waals surface area contributed by atoms with Gasteiger partial charge < -0.3 is 15.0 Å². The van der Waals surface area contributed by atoms with Crippen LogP contribution in [0.4, 0.5) is 18.9 Å². The maximum absolute atomic E-state index is 13.0. The summed E-state index contributed by atoms with van der Waals surface area (Å²) in [5.41, 5.74) is 2.05. The summed E-state index contributed by atoms with van der Waals surface area (Å²) >= 11 is 0. The normalized spacial score (nSPS) is 23.1. The van der Waals surface area contributed by atoms with Gasteiger partial charge in [0.1, 0.15) is 5.75 Å². The van der Waals surface area contributed by atoms with Crippen molar-refractivity contribution in [2.45, 2.75) is 50.9 Å². The monoisotopic (exact) mass is 432 g/mol. The van der Waals surface area contributed by atoms with E-state index in [9.17, 15) is 18.0 Å². The average molecular weight is 432 g/mol. The fourth-order valence-corrected chi connectivity index (χ4v) is 4.85. The highest BCUT2D eigenvalue weighted by Gasteiger charge is 2.45. The highest BCUT2D eigenvalue weighted by Crippen LogP contribution is 2.51. The van der Waals surface area contributed by atoms with Gasteiger partial charge in [-0.2, -0.15) is 13.2 Å². The number of nitrogens with one attached hydrogen (secondary N) is 1. The summed E-state index contributed by atoms with van der Waals surface area (Å²) in [6.45, 7) is 2.77. The van der Waals surface area contributed by atoms with Crippen molar-refractivity contribution in [3.8, 4) is 5.75 Å². The van der Waals surface area contributed by atoms with E-state index < -0.39 is 11.7 Å². The largest absolute Gasteiger partial charge is 0.497 e. The highest BCUT2D eigenvalue weighted by molar-refractivity contribution is 5.79. The minimum atomic E-state index is -4.36. The Hall–Kier alpha value is -2.70. The molecule has 0 aliphatic carbocycles. The Kier molecular flexibility index (Phi) is 5.86. The van der Waals surface area contributed by atoms with Crippen molar-refractivity contribution in [3.05, 3.63) is 59.2 Å². The SMILES string of the molecule is CCCCN1C(=O)CC[C@@H]2[C@H]1c1cc(OC)ccc1N[C@H]2c1ccc(C(F)(F)F)cc1. The van der Waals surface area contributed by atoms with Gasteiger partial charge in [0.15, 0.2) is 0 Å². The van der Waals surface area contributed by atoms with Crippen molar-refractivity contribution < 1.29 is 22.7 Å². The summed E-state index contributed by atoms with van der Waals surface area (Å²) in [6, 6.07) is 10.8. The minimum Gasteiger partial charge on any atom is -0.497 e. The van der Waals surface area contributed by atoms with Crippen LogP contribution in [0.2, 0.25) is 0 Å². The van der Waals surface area contributed by atoms with Crippen molar-refractivity contribution in [2.24, 2.45) is 5.92 Å². The van der Waals surface area contributed by atoms with E-state index in [1.54, 1.807) is 19.2 Å². The van der Waals surface area contributed by atoms with E-state index in [0.717, 1.165) is 47.5 Å². The number of alkyl halides is 3. The molecule has 1 saturated heterocycles. The number of ether oxygens (including phenoxy) is 1. The summed E-state index contributed by atoms with van der Waals surface area (Å²) in [6.07, 6.45) is -1.35. The first-order valence-electron chi connectivity index (χ1n) is 10.7. The summed E-state index contributed by atoms with van der Waals surface area (Å²) in [5.74, 6) is 0.920. The van der Waals surface area contributed by atoms with Gasteiger partial charge >= 0.3 is 6.18 Å². The number of hydrogen-bond acceptors (Lipinski definition) is 3. The van der Waals surface area contributed by atoms with E-state index in [1.807, 2.05) is 23.1 Å². The number of unbranched alkanes of at least 4 members (excludes halogenated alkanes) is 1. The number of carbonyl (C=O) groups excluding carboxylic acids is 1. The Balaban J connectivity index is 1.76. The summed E-state index contributed by atoms with van der Waals surface area (Å²) in [4.78, 5) is 14.8. The van der Waals surface area contributed by atoms with Gasteiger partial charge in [-0.05, 0) is 48.7 Å². The quantitative estimate of drug-likeness (QED) is 0.634. The summed E-state index contributed by atoms with van der Waals surface area (Å²) < 4.78 is 44.5. The Labute approximate surface area is 180 Å². The zero-order valence-corrected chi connectivity index (χ0v) is 17.7. The number of hydrogen-bond donors (Lipinski definition) is 1. The molecule has 1 fully saturated rings. The molecule has 1 amide bonds. The second kappa shape index (κ2) is 8.44. The number of carbonyl (C=O) groups is 1. The molecular formula is C24H27F3N2O2. The van der Waals surface area contributed by atoms with Gasteiger partial charge in [-0.25, -0.2) is 0 Å². The number of amides is 1. The lowest BCUT2D eigenvalue weighted by Gasteiger charge is -2.49. The first kappa shape index (κ1) is 21.5. The zero-order valence-electron chi connectivity index (χ0n) is 17.7. The number of methoxy groups -OCH3 is 1. The number of nitrogens with zero attached hydrogens (tertiary/aromatic N) is 1. The van der Waals surface area contributed by atoms with Crippen molar-refractivity contribution >= 4 is 11.6 Å². The maximum Gasteiger partial charge on any atom is 0.416 e. The number of piperidine rings is 1. The summed E-state index contributed by atoms with van der Waals surface area (Å²) in [5, 5.41) is 3.54. The van der Waals surface area contributed by atoms with Crippen molar-refractivity contribution in [3.63, 3.8) is 0 Å². The number of halogens is 3. The predicted octanol–water partition coefficient (Wildman–Crippen LogP) is 5.96. The van der Waals surface area contributed by atoms with E-state index in [4.69, 9.17) is 4.74 Å². The van der Waals surface area contributed by atoms with Crippen LogP contribution in [0, 0.1) is 5.92 Å². The van der Waals surface area contributed by atoms with Crippen LogP contribution in [0.3, 0.4) is 0 Å². The second-order valence-corrected chi connectivity index (χ2v) is 8.28. The molecule has 0 bridgehead atoms. The number of anilines is 1. The first-order valence-corrected chi connectivity index (χ1v) is 10.7. The van der Waals surface area contributed by atoms with Gasteiger partial charge in [0.25, 0.3) is 0 Å². The Morgan fingerprint density at radius 1 is 1.16 bits per heavy atom. The maximum atomic E-state index is 13.0. The lowest BCUT2D eigenvalue weighted by Crippen LogP contribution is -2.48. The number of rotatable bonds is 5. The minimum absolute atomic E-state index is 0.0610. The lowest BCUT2D eigenvalue weighted by molar-refractivity contribution is -0.140. The lowest BCUT2D eigenvalue weighted by atomic mass is 9.74. The molecule has 2 heterocycles. The molecule has 3 atom stereocenters. The fraction of sp³-hybridized carbons (Fsp3) is 0.458. The van der Waals surface area contributed by atoms with Crippen molar-refractivity contribution in [1.82, 2.24) is 4.90 Å². The Bertz CT molecular complexity index is 943. The van der Waals surface area contributed by atoms with E-state index in [-0.39, 0.29) is 23.9 Å². The van der Waals surface area contributed by atoms with Crippen LogP contribution in [-0.4, -0.2) is 24.5 Å². The zero-order chi connectivity index (χ0) is 22.2. The van der Waals surface area contributed by atoms with E-state index in [2.05, 4.69) is 12.2 Å². The van der Waals surface area contributed by atoms with Crippen LogP contribution in [0.15, 0.2) is 42.5 Å². The third kappa shape index (κ3) is 4.10. The van der Waals surface area contributed by atoms with Crippen LogP contribution in [0.5, 0.6) is 5.75 Å². The molecule has 2 aliphatic heterocycles. The molecule has 0 radical (unpaired) electrons. The molecule has 7 heteroatoms. The van der Waals surface area contributed by atoms with Gasteiger partial charge in [-0.3, -0.25) is 4.79 Å².